The lowest BCUT2D eigenvalue weighted by atomic mass is 10.1. The minimum Gasteiger partial charge on any atom is -0.467 e. The third-order valence-electron chi connectivity index (χ3n) is 4.82. The largest absolute Gasteiger partial charge is 0.467 e. The molecule has 4 nitrogen and oxygen atoms in total. The Morgan fingerprint density at radius 1 is 0.900 bits per heavy atom. The van der Waals surface area contributed by atoms with Gasteiger partial charge in [0.15, 0.2) is 0 Å². The molecule has 0 heterocycles. The van der Waals surface area contributed by atoms with E-state index in [2.05, 4.69) is 41.7 Å². The molecular weight excluding hydrogens is 413 g/mol. The highest BCUT2D eigenvalue weighted by molar-refractivity contribution is 8.25. The summed E-state index contributed by atoms with van der Waals surface area (Å²) in [5.41, 5.74) is 0.915. The van der Waals surface area contributed by atoms with E-state index in [-0.39, 0.29) is 5.91 Å². The van der Waals surface area contributed by atoms with Gasteiger partial charge in [0, 0.05) is 19.4 Å². The smallest absolute Gasteiger partial charge is 0.328 e. The molecule has 0 saturated carbocycles. The van der Waals surface area contributed by atoms with Gasteiger partial charge in [0.2, 0.25) is 5.91 Å². The van der Waals surface area contributed by atoms with Crippen LogP contribution in [0, 0.1) is 0 Å². The van der Waals surface area contributed by atoms with Gasteiger partial charge in [0.25, 0.3) is 0 Å². The van der Waals surface area contributed by atoms with Gasteiger partial charge in [-0.05, 0) is 27.5 Å². The molecular formula is C24H24NO3PS. The van der Waals surface area contributed by atoms with Gasteiger partial charge in [0.1, 0.15) is 6.04 Å². The first kappa shape index (κ1) is 21.9. The SMILES string of the molecule is COC(=O)C(Cc1cccc(P(=S)(c2ccccc2)c2ccccc2)c1)NC(C)=O. The molecule has 3 rings (SSSR count). The molecule has 0 aliphatic carbocycles. The fourth-order valence-corrected chi connectivity index (χ4v) is 7.21. The van der Waals surface area contributed by atoms with Crippen LogP contribution in [-0.2, 0) is 32.6 Å². The van der Waals surface area contributed by atoms with Crippen LogP contribution < -0.4 is 21.2 Å². The first-order valence-electron chi connectivity index (χ1n) is 9.61. The van der Waals surface area contributed by atoms with Crippen molar-refractivity contribution < 1.29 is 14.3 Å². The van der Waals surface area contributed by atoms with Crippen molar-refractivity contribution in [3.8, 4) is 0 Å². The molecule has 154 valence electrons. The van der Waals surface area contributed by atoms with Crippen molar-refractivity contribution in [3.63, 3.8) is 0 Å². The maximum absolute atomic E-state index is 12.1. The Bertz CT molecular complexity index is 1030. The van der Waals surface area contributed by atoms with Crippen molar-refractivity contribution in [2.24, 2.45) is 0 Å². The van der Waals surface area contributed by atoms with Crippen molar-refractivity contribution in [2.75, 3.05) is 7.11 Å². The summed E-state index contributed by atoms with van der Waals surface area (Å²) in [5, 5.41) is 5.92. The molecule has 3 aromatic carbocycles. The zero-order chi connectivity index (χ0) is 21.6. The van der Waals surface area contributed by atoms with Gasteiger partial charge in [-0.1, -0.05) is 90.7 Å². The van der Waals surface area contributed by atoms with E-state index < -0.39 is 18.0 Å². The number of amides is 1. The van der Waals surface area contributed by atoms with Crippen LogP contribution >= 0.6 is 6.04 Å². The maximum atomic E-state index is 12.1. The Kier molecular flexibility index (Phi) is 7.20. The number of hydrogen-bond acceptors (Lipinski definition) is 4. The van der Waals surface area contributed by atoms with Gasteiger partial charge in [-0.25, -0.2) is 4.79 Å². The number of rotatable bonds is 7. The van der Waals surface area contributed by atoms with Crippen LogP contribution in [0.2, 0.25) is 0 Å². The molecule has 1 amide bonds. The van der Waals surface area contributed by atoms with E-state index in [4.69, 9.17) is 16.5 Å². The molecule has 0 aliphatic heterocycles. The lowest BCUT2D eigenvalue weighted by Gasteiger charge is -2.25. The average Bonchev–Trinajstić information content (AvgIpc) is 2.78. The van der Waals surface area contributed by atoms with E-state index in [9.17, 15) is 9.59 Å². The molecule has 0 fully saturated rings. The Balaban J connectivity index is 2.06. The predicted molar refractivity (Wildman–Crippen MR) is 126 cm³/mol. The van der Waals surface area contributed by atoms with Crippen molar-refractivity contribution >= 4 is 45.6 Å². The topological polar surface area (TPSA) is 55.4 Å². The molecule has 1 unspecified atom stereocenters. The Labute approximate surface area is 182 Å². The molecule has 0 spiro atoms. The molecule has 0 saturated heterocycles. The standard InChI is InChI=1S/C24H24NO3PS/c1-18(26)25-23(24(27)28-2)17-19-10-9-15-22(16-19)29(30,20-11-5-3-6-12-20)21-13-7-4-8-14-21/h3-16,23H,17H2,1-2H3,(H,25,26). The number of esters is 1. The molecule has 1 atom stereocenters. The minimum atomic E-state index is -2.28. The van der Waals surface area contributed by atoms with E-state index in [0.29, 0.717) is 6.42 Å². The van der Waals surface area contributed by atoms with Gasteiger partial charge in [-0.3, -0.25) is 4.79 Å². The second-order valence-electron chi connectivity index (χ2n) is 6.93. The summed E-state index contributed by atoms with van der Waals surface area (Å²) in [4.78, 5) is 23.7. The number of nitrogens with one attached hydrogen (secondary N) is 1. The first-order valence-corrected chi connectivity index (χ1v) is 12.4. The van der Waals surface area contributed by atoms with Crippen LogP contribution in [0.25, 0.3) is 0 Å². The van der Waals surface area contributed by atoms with Crippen molar-refractivity contribution in [3.05, 3.63) is 90.5 Å². The van der Waals surface area contributed by atoms with Crippen molar-refractivity contribution in [2.45, 2.75) is 19.4 Å². The van der Waals surface area contributed by atoms with Crippen LogP contribution in [0.4, 0.5) is 0 Å². The van der Waals surface area contributed by atoms with Crippen LogP contribution in [0.15, 0.2) is 84.9 Å². The summed E-state index contributed by atoms with van der Waals surface area (Å²) in [6, 6.07) is 25.3. The zero-order valence-electron chi connectivity index (χ0n) is 16.9. The number of carbonyl (C=O) groups is 2. The van der Waals surface area contributed by atoms with Crippen LogP contribution in [0.1, 0.15) is 12.5 Å². The monoisotopic (exact) mass is 437 g/mol. The molecule has 30 heavy (non-hydrogen) atoms. The third-order valence-corrected chi connectivity index (χ3v) is 9.77. The Morgan fingerprint density at radius 2 is 1.43 bits per heavy atom. The number of hydrogen-bond donors (Lipinski definition) is 1. The molecule has 0 bridgehead atoms. The van der Waals surface area contributed by atoms with Crippen LogP contribution in [0.3, 0.4) is 0 Å². The highest BCUT2D eigenvalue weighted by atomic mass is 32.4. The minimum absolute atomic E-state index is 0.278. The lowest BCUT2D eigenvalue weighted by molar-refractivity contribution is -0.144. The quantitative estimate of drug-likeness (QED) is 0.456. The Morgan fingerprint density at radius 3 is 1.93 bits per heavy atom. The summed E-state index contributed by atoms with van der Waals surface area (Å²) in [6.07, 6.45) is 0.332. The first-order chi connectivity index (χ1) is 14.4. The fourth-order valence-electron chi connectivity index (χ4n) is 3.42. The van der Waals surface area contributed by atoms with Gasteiger partial charge in [-0.15, -0.1) is 0 Å². The second kappa shape index (κ2) is 9.84. The molecule has 3 aromatic rings. The maximum Gasteiger partial charge on any atom is 0.328 e. The molecule has 6 heteroatoms. The zero-order valence-corrected chi connectivity index (χ0v) is 18.7. The van der Waals surface area contributed by atoms with Crippen LogP contribution in [-0.4, -0.2) is 25.0 Å². The van der Waals surface area contributed by atoms with Crippen molar-refractivity contribution in [1.29, 1.82) is 0 Å². The van der Waals surface area contributed by atoms with Gasteiger partial charge in [-0.2, -0.15) is 0 Å². The number of benzene rings is 3. The summed E-state index contributed by atoms with van der Waals surface area (Å²) < 4.78 is 4.85. The number of ether oxygens (including phenoxy) is 1. The van der Waals surface area contributed by atoms with Gasteiger partial charge in [0.05, 0.1) is 7.11 Å². The van der Waals surface area contributed by atoms with E-state index in [0.717, 1.165) is 21.5 Å². The summed E-state index contributed by atoms with van der Waals surface area (Å²) >= 11 is 6.37. The van der Waals surface area contributed by atoms with Gasteiger partial charge >= 0.3 is 5.97 Å². The number of methoxy groups -OCH3 is 1. The Hall–Kier alpha value is -2.75. The average molecular weight is 438 g/mol. The fraction of sp³-hybridized carbons (Fsp3) is 0.167. The highest BCUT2D eigenvalue weighted by Gasteiger charge is 2.26. The highest BCUT2D eigenvalue weighted by Crippen LogP contribution is 2.42. The second-order valence-corrected chi connectivity index (χ2v) is 11.3. The number of carbonyl (C=O) groups excluding carboxylic acids is 2. The van der Waals surface area contributed by atoms with Crippen LogP contribution in [0.5, 0.6) is 0 Å². The summed E-state index contributed by atoms with van der Waals surface area (Å²) in [5.74, 6) is -0.749. The van der Waals surface area contributed by atoms with E-state index in [1.165, 1.54) is 14.0 Å². The lowest BCUT2D eigenvalue weighted by Crippen LogP contribution is -2.42. The normalized spacial score (nSPS) is 12.1. The third kappa shape index (κ3) is 4.86. The van der Waals surface area contributed by atoms with E-state index in [1.807, 2.05) is 48.5 Å². The van der Waals surface area contributed by atoms with E-state index >= 15 is 0 Å². The van der Waals surface area contributed by atoms with Crippen molar-refractivity contribution in [1.82, 2.24) is 5.32 Å². The van der Waals surface area contributed by atoms with E-state index in [1.54, 1.807) is 0 Å². The predicted octanol–water partition coefficient (Wildman–Crippen LogP) is 2.66. The molecule has 0 aromatic heterocycles. The molecule has 1 N–H and O–H groups in total. The summed E-state index contributed by atoms with van der Waals surface area (Å²) in [7, 11) is 1.32. The molecule has 0 radical (unpaired) electrons. The molecule has 0 aliphatic rings. The van der Waals surface area contributed by atoms with Gasteiger partial charge < -0.3 is 10.1 Å². The summed E-state index contributed by atoms with van der Waals surface area (Å²) in [6.45, 7) is 1.39.